The Morgan fingerprint density at radius 3 is 1.29 bits per heavy atom. The van der Waals surface area contributed by atoms with Gasteiger partial charge in [0.1, 0.15) is 19.8 Å². The molecule has 0 N–H and O–H groups in total. The van der Waals surface area contributed by atoms with E-state index in [0.29, 0.717) is 12.0 Å². The molecule has 0 aliphatic carbocycles. The molecule has 0 unspecified atom stereocenters. The molecule has 0 saturated heterocycles. The number of ether oxygens (including phenoxy) is 4. The van der Waals surface area contributed by atoms with E-state index in [1.54, 1.807) is 13.8 Å². The Kier molecular flexibility index (Phi) is 14.5. The monoisotopic (exact) mass is 396 g/mol. The topological polar surface area (TPSA) is 105 Å². The van der Waals surface area contributed by atoms with Gasteiger partial charge in [0.05, 0.1) is 12.5 Å². The first kappa shape index (κ1) is 27.1. The molecule has 8 heteroatoms. The summed E-state index contributed by atoms with van der Waals surface area (Å²) < 4.78 is 19.2. The van der Waals surface area contributed by atoms with Gasteiger partial charge in [-0.2, -0.15) is 0 Å². The number of methoxy groups -OCH3 is 1. The van der Waals surface area contributed by atoms with Gasteiger partial charge in [0.25, 0.3) is 0 Å². The Morgan fingerprint density at radius 1 is 0.821 bits per heavy atom. The zero-order valence-electron chi connectivity index (χ0n) is 16.7. The molecule has 0 bridgehead atoms. The average Bonchev–Trinajstić information content (AvgIpc) is 2.72. The molecule has 8 nitrogen and oxygen atoms in total. The normalized spacial score (nSPS) is 9.54. The maximum Gasteiger partial charge on any atom is 0.332 e. The van der Waals surface area contributed by atoms with Crippen LogP contribution >= 0.6 is 0 Å². The summed E-state index contributed by atoms with van der Waals surface area (Å²) in [5.74, 6) is -2.19. The zero-order chi connectivity index (χ0) is 22.2. The molecule has 156 valence electrons. The summed E-state index contributed by atoms with van der Waals surface area (Å²) in [6.45, 7) is 16.4. The highest BCUT2D eigenvalue weighted by Crippen LogP contribution is 2.24. The third-order valence-corrected chi connectivity index (χ3v) is 3.35. The van der Waals surface area contributed by atoms with Gasteiger partial charge in [-0.1, -0.05) is 33.2 Å². The van der Waals surface area contributed by atoms with Crippen molar-refractivity contribution < 1.29 is 38.1 Å². The fraction of sp³-hybridized carbons (Fsp3) is 0.400. The van der Waals surface area contributed by atoms with Gasteiger partial charge in [-0.15, -0.1) is 0 Å². The van der Waals surface area contributed by atoms with Gasteiger partial charge in [0.15, 0.2) is 0 Å². The Hall–Kier alpha value is -3.16. The third-order valence-electron chi connectivity index (χ3n) is 3.35. The van der Waals surface area contributed by atoms with Crippen molar-refractivity contribution in [2.45, 2.75) is 20.3 Å². The summed E-state index contributed by atoms with van der Waals surface area (Å²) in [5, 5.41) is 0. The van der Waals surface area contributed by atoms with Crippen molar-refractivity contribution in [3.05, 3.63) is 50.1 Å². The third kappa shape index (κ3) is 12.2. The number of rotatable bonds is 11. The summed E-state index contributed by atoms with van der Waals surface area (Å²) in [6.07, 6.45) is 3.51. The van der Waals surface area contributed by atoms with Gasteiger partial charge in [-0.05, 0) is 13.3 Å². The van der Waals surface area contributed by atoms with Crippen molar-refractivity contribution in [3.63, 3.8) is 0 Å². The van der Waals surface area contributed by atoms with Crippen LogP contribution in [0.25, 0.3) is 0 Å². The van der Waals surface area contributed by atoms with Crippen LogP contribution in [0.4, 0.5) is 0 Å². The highest BCUT2D eigenvalue weighted by molar-refractivity contribution is 5.86. The summed E-state index contributed by atoms with van der Waals surface area (Å²) in [7, 11) is 1.33. The van der Waals surface area contributed by atoms with E-state index in [-0.39, 0.29) is 25.8 Å². The number of hydrogen-bond donors (Lipinski definition) is 0. The van der Waals surface area contributed by atoms with Crippen LogP contribution in [0.3, 0.4) is 0 Å². The molecule has 0 atom stereocenters. The molecule has 28 heavy (non-hydrogen) atoms. The van der Waals surface area contributed by atoms with Crippen molar-refractivity contribution in [2.24, 2.45) is 5.41 Å². The Morgan fingerprint density at radius 2 is 1.14 bits per heavy atom. The van der Waals surface area contributed by atoms with E-state index in [9.17, 15) is 19.2 Å². The second kappa shape index (κ2) is 15.0. The average molecular weight is 396 g/mol. The largest absolute Gasteiger partial charge is 0.466 e. The van der Waals surface area contributed by atoms with Crippen molar-refractivity contribution in [1.29, 1.82) is 0 Å². The lowest BCUT2D eigenvalue weighted by atomic mass is 9.88. The zero-order valence-corrected chi connectivity index (χ0v) is 16.7. The van der Waals surface area contributed by atoms with Gasteiger partial charge in [-0.3, -0.25) is 0 Å². The smallest absolute Gasteiger partial charge is 0.332 e. The molecular formula is C20H28O8. The van der Waals surface area contributed by atoms with Gasteiger partial charge >= 0.3 is 23.9 Å². The molecule has 0 aliphatic rings. The molecule has 0 aromatic heterocycles. The van der Waals surface area contributed by atoms with Crippen LogP contribution in [0.2, 0.25) is 0 Å². The molecule has 0 aromatic rings. The minimum atomic E-state index is -0.837. The first-order valence-corrected chi connectivity index (χ1v) is 8.22. The number of esters is 4. The maximum absolute atomic E-state index is 11.2. The summed E-state index contributed by atoms with van der Waals surface area (Å²) in [5.41, 5.74) is -0.404. The van der Waals surface area contributed by atoms with E-state index in [0.717, 1.165) is 18.2 Å². The quantitative estimate of drug-likeness (QED) is 0.298. The standard InChI is InChI=1S/C15H20O6.C5H8O2/c1-5-12(16)19-9-15(8-4,10-20-13(17)6-2)11-21-14(18)7-3;1-4(2)5(6)7-3/h5-7H,1-3,8-11H2,4H3;1H2,2-3H3. The van der Waals surface area contributed by atoms with E-state index in [4.69, 9.17) is 14.2 Å². The fourth-order valence-corrected chi connectivity index (χ4v) is 1.45. The number of carbonyl (C=O) groups excluding carboxylic acids is 4. The highest BCUT2D eigenvalue weighted by atomic mass is 16.6. The first-order valence-electron chi connectivity index (χ1n) is 8.22. The van der Waals surface area contributed by atoms with E-state index < -0.39 is 23.3 Å². The van der Waals surface area contributed by atoms with Gasteiger partial charge in [0, 0.05) is 23.8 Å². The minimum Gasteiger partial charge on any atom is -0.466 e. The molecule has 0 amide bonds. The van der Waals surface area contributed by atoms with Crippen LogP contribution in [0.5, 0.6) is 0 Å². The first-order chi connectivity index (χ1) is 13.1. The molecule has 0 aliphatic heterocycles. The molecular weight excluding hydrogens is 368 g/mol. The van der Waals surface area contributed by atoms with E-state index in [2.05, 4.69) is 31.1 Å². The van der Waals surface area contributed by atoms with Crippen LogP contribution in [-0.4, -0.2) is 50.8 Å². The molecule has 0 heterocycles. The summed E-state index contributed by atoms with van der Waals surface area (Å²) >= 11 is 0. The van der Waals surface area contributed by atoms with E-state index in [1.165, 1.54) is 7.11 Å². The lowest BCUT2D eigenvalue weighted by Crippen LogP contribution is -2.38. The second-order valence-electron chi connectivity index (χ2n) is 5.56. The van der Waals surface area contributed by atoms with Crippen molar-refractivity contribution in [1.82, 2.24) is 0 Å². The Balaban J connectivity index is 0. The SMILES string of the molecule is C=C(C)C(=O)OC.C=CC(=O)OCC(CC)(COC(=O)C=C)COC(=O)C=C. The van der Waals surface area contributed by atoms with Crippen molar-refractivity contribution in [3.8, 4) is 0 Å². The predicted octanol–water partition coefficient (Wildman–Crippen LogP) is 2.31. The van der Waals surface area contributed by atoms with Crippen molar-refractivity contribution >= 4 is 23.9 Å². The van der Waals surface area contributed by atoms with E-state index >= 15 is 0 Å². The van der Waals surface area contributed by atoms with Crippen LogP contribution in [0.1, 0.15) is 20.3 Å². The van der Waals surface area contributed by atoms with Crippen LogP contribution in [0.15, 0.2) is 50.1 Å². The molecule has 0 aromatic carbocycles. The van der Waals surface area contributed by atoms with Crippen LogP contribution in [0, 0.1) is 5.41 Å². The minimum absolute atomic E-state index is 0.0802. The maximum atomic E-state index is 11.2. The van der Waals surface area contributed by atoms with Crippen LogP contribution in [-0.2, 0) is 38.1 Å². The molecule has 0 radical (unpaired) electrons. The molecule has 0 rings (SSSR count). The fourth-order valence-electron chi connectivity index (χ4n) is 1.45. The Labute approximate surface area is 165 Å². The molecule has 0 saturated carbocycles. The predicted molar refractivity (Wildman–Crippen MR) is 103 cm³/mol. The summed E-state index contributed by atoms with van der Waals surface area (Å²) in [6, 6.07) is 0. The molecule has 0 spiro atoms. The lowest BCUT2D eigenvalue weighted by Gasteiger charge is -2.30. The second-order valence-corrected chi connectivity index (χ2v) is 5.56. The van der Waals surface area contributed by atoms with Crippen LogP contribution < -0.4 is 0 Å². The highest BCUT2D eigenvalue weighted by Gasteiger charge is 2.33. The number of hydrogen-bond acceptors (Lipinski definition) is 8. The Bertz CT molecular complexity index is 544. The molecule has 0 fully saturated rings. The lowest BCUT2D eigenvalue weighted by molar-refractivity contribution is -0.156. The van der Waals surface area contributed by atoms with Gasteiger partial charge < -0.3 is 18.9 Å². The van der Waals surface area contributed by atoms with Crippen molar-refractivity contribution in [2.75, 3.05) is 26.9 Å². The summed E-state index contributed by atoms with van der Waals surface area (Å²) in [4.78, 5) is 43.7. The van der Waals surface area contributed by atoms with Gasteiger partial charge in [-0.25, -0.2) is 19.2 Å². The van der Waals surface area contributed by atoms with E-state index in [1.807, 2.05) is 0 Å². The number of carbonyl (C=O) groups is 4. The van der Waals surface area contributed by atoms with Gasteiger partial charge in [0.2, 0.25) is 0 Å².